The van der Waals surface area contributed by atoms with Crippen molar-refractivity contribution < 1.29 is 4.79 Å². The van der Waals surface area contributed by atoms with Crippen molar-refractivity contribution >= 4 is 6.03 Å². The second-order valence-electron chi connectivity index (χ2n) is 4.50. The fraction of sp³-hybridized carbons (Fsp3) is 0.333. The molecular weight excluding hydrogens is 300 g/mol. The van der Waals surface area contributed by atoms with Gasteiger partial charge < -0.3 is 11.1 Å². The number of hydrogen-bond acceptors (Lipinski definition) is 7. The van der Waals surface area contributed by atoms with Crippen LogP contribution in [0.1, 0.15) is 11.6 Å². The molecule has 11 heteroatoms. The van der Waals surface area contributed by atoms with Crippen LogP contribution in [0.25, 0.3) is 0 Å². The Bertz CT molecular complexity index is 729. The summed E-state index contributed by atoms with van der Waals surface area (Å²) in [6, 6.07) is -0.250. The van der Waals surface area contributed by atoms with E-state index in [1.165, 1.54) is 10.9 Å². The van der Waals surface area contributed by atoms with Gasteiger partial charge in [0.1, 0.15) is 19.0 Å². The Kier molecular flexibility index (Phi) is 5.52. The molecule has 23 heavy (non-hydrogen) atoms. The third-order valence-electron chi connectivity index (χ3n) is 2.61. The fourth-order valence-corrected chi connectivity index (χ4v) is 1.57. The number of amides is 1. The molecule has 3 heterocycles. The molecule has 122 valence electrons. The topological polar surface area (TPSA) is 134 Å². The Morgan fingerprint density at radius 2 is 1.78 bits per heavy atom. The molecule has 3 aromatic heterocycles. The molecule has 0 radical (unpaired) electrons. The first kappa shape index (κ1) is 16.3. The summed E-state index contributed by atoms with van der Waals surface area (Å²) in [4.78, 5) is 23.0. The first-order valence-electron chi connectivity index (χ1n) is 6.73. The molecular formula is C12H18N10O. The normalized spacial score (nSPS) is 10.0. The lowest BCUT2D eigenvalue weighted by molar-refractivity contribution is 0.241. The number of aromatic nitrogens is 8. The monoisotopic (exact) mass is 318 g/mol. The van der Waals surface area contributed by atoms with Gasteiger partial charge in [-0.25, -0.2) is 19.7 Å². The molecule has 11 nitrogen and oxygen atoms in total. The summed E-state index contributed by atoms with van der Waals surface area (Å²) in [6.07, 6.45) is 7.75. The number of carbonyl (C=O) groups excluding carboxylic acids is 1. The van der Waals surface area contributed by atoms with Gasteiger partial charge in [-0.3, -0.25) is 13.9 Å². The van der Waals surface area contributed by atoms with E-state index in [4.69, 9.17) is 5.73 Å². The molecule has 0 saturated heterocycles. The molecule has 0 atom stereocenters. The maximum atomic E-state index is 11.4. The summed E-state index contributed by atoms with van der Waals surface area (Å²) >= 11 is 0. The van der Waals surface area contributed by atoms with Crippen LogP contribution in [0, 0.1) is 0 Å². The highest BCUT2D eigenvalue weighted by Crippen LogP contribution is 1.89. The first-order chi connectivity index (χ1) is 11.1. The van der Waals surface area contributed by atoms with Gasteiger partial charge in [-0.2, -0.15) is 10.2 Å². The number of carbonyl (C=O) groups is 1. The van der Waals surface area contributed by atoms with Crippen LogP contribution >= 0.6 is 0 Å². The molecule has 0 fully saturated rings. The van der Waals surface area contributed by atoms with Crippen molar-refractivity contribution in [2.45, 2.75) is 13.1 Å². The summed E-state index contributed by atoms with van der Waals surface area (Å²) in [5.41, 5.74) is 5.22. The Hall–Kier alpha value is -3.08. The molecule has 0 unspecified atom stereocenters. The first-order valence-corrected chi connectivity index (χ1v) is 6.73. The summed E-state index contributed by atoms with van der Waals surface area (Å²) < 4.78 is 4.56. The van der Waals surface area contributed by atoms with Gasteiger partial charge >= 0.3 is 6.03 Å². The molecule has 0 spiro atoms. The standard InChI is InChI=1S/C8H10N6O.C4H8N4/c1-13-6-11-7(12-13)4-10-8(15)14-3-2-9-5-14;1-8-3-6-4(2-5)7-8/h2-3,5-6H,4H2,1H3,(H,10,15);3H,2,5H2,1H3. The number of hydrogen-bond donors (Lipinski definition) is 2. The lowest BCUT2D eigenvalue weighted by atomic mass is 10.6. The zero-order chi connectivity index (χ0) is 16.7. The van der Waals surface area contributed by atoms with Gasteiger partial charge in [0.05, 0.1) is 13.1 Å². The van der Waals surface area contributed by atoms with Crippen LogP contribution in [-0.2, 0) is 27.2 Å². The lowest BCUT2D eigenvalue weighted by Gasteiger charge is -2.01. The Morgan fingerprint density at radius 3 is 2.22 bits per heavy atom. The van der Waals surface area contributed by atoms with E-state index in [1.807, 2.05) is 7.05 Å². The number of nitrogens with two attached hydrogens (primary N) is 1. The number of nitrogens with zero attached hydrogens (tertiary/aromatic N) is 8. The van der Waals surface area contributed by atoms with Crippen LogP contribution in [0.4, 0.5) is 4.79 Å². The van der Waals surface area contributed by atoms with Crippen LogP contribution in [-0.4, -0.2) is 45.1 Å². The smallest absolute Gasteiger partial charge is 0.327 e. The van der Waals surface area contributed by atoms with Crippen molar-refractivity contribution in [1.29, 1.82) is 0 Å². The largest absolute Gasteiger partial charge is 0.330 e. The summed E-state index contributed by atoms with van der Waals surface area (Å²) in [6.45, 7) is 0.721. The Balaban J connectivity index is 0.000000203. The molecule has 0 aliphatic heterocycles. The van der Waals surface area contributed by atoms with Crippen molar-refractivity contribution in [3.05, 3.63) is 43.0 Å². The SMILES string of the molecule is Cn1cnc(CN)n1.Cn1cnc(CNC(=O)n2ccnc2)n1. The molecule has 0 aromatic carbocycles. The van der Waals surface area contributed by atoms with E-state index in [9.17, 15) is 4.79 Å². The highest BCUT2D eigenvalue weighted by Gasteiger charge is 2.04. The predicted molar refractivity (Wildman–Crippen MR) is 79.8 cm³/mol. The molecule has 0 aliphatic rings. The minimum atomic E-state index is -0.250. The maximum absolute atomic E-state index is 11.4. The van der Waals surface area contributed by atoms with E-state index in [-0.39, 0.29) is 6.03 Å². The zero-order valence-corrected chi connectivity index (χ0v) is 12.9. The van der Waals surface area contributed by atoms with Crippen LogP contribution in [0.2, 0.25) is 0 Å². The molecule has 1 amide bonds. The number of imidazole rings is 1. The van der Waals surface area contributed by atoms with E-state index < -0.39 is 0 Å². The van der Waals surface area contributed by atoms with E-state index in [1.54, 1.807) is 41.5 Å². The predicted octanol–water partition coefficient (Wildman–Crippen LogP) is -0.957. The maximum Gasteiger partial charge on any atom is 0.327 e. The van der Waals surface area contributed by atoms with Crippen LogP contribution in [0.15, 0.2) is 31.4 Å². The third kappa shape index (κ3) is 5.00. The summed E-state index contributed by atoms with van der Waals surface area (Å²) in [7, 11) is 3.58. The third-order valence-corrected chi connectivity index (χ3v) is 2.61. The van der Waals surface area contributed by atoms with Gasteiger partial charge in [0.25, 0.3) is 0 Å². The van der Waals surface area contributed by atoms with Crippen molar-refractivity contribution in [3.8, 4) is 0 Å². The van der Waals surface area contributed by atoms with Crippen molar-refractivity contribution in [3.63, 3.8) is 0 Å². The molecule has 0 aliphatic carbocycles. The highest BCUT2D eigenvalue weighted by atomic mass is 16.2. The Labute approximate surface area is 132 Å². The van der Waals surface area contributed by atoms with Crippen molar-refractivity contribution in [2.24, 2.45) is 19.8 Å². The van der Waals surface area contributed by atoms with Gasteiger partial charge in [-0.1, -0.05) is 0 Å². The fourth-order valence-electron chi connectivity index (χ4n) is 1.57. The molecule has 3 rings (SSSR count). The van der Waals surface area contributed by atoms with Gasteiger partial charge in [0.2, 0.25) is 0 Å². The zero-order valence-electron chi connectivity index (χ0n) is 12.9. The van der Waals surface area contributed by atoms with Crippen molar-refractivity contribution in [2.75, 3.05) is 0 Å². The quantitative estimate of drug-likeness (QED) is 0.635. The highest BCUT2D eigenvalue weighted by molar-refractivity contribution is 5.76. The molecule has 0 saturated carbocycles. The van der Waals surface area contributed by atoms with Crippen molar-refractivity contribution in [1.82, 2.24) is 44.4 Å². The van der Waals surface area contributed by atoms with Gasteiger partial charge in [-0.15, -0.1) is 0 Å². The minimum Gasteiger partial charge on any atom is -0.330 e. The van der Waals surface area contributed by atoms with E-state index in [0.29, 0.717) is 24.7 Å². The Morgan fingerprint density at radius 1 is 1.13 bits per heavy atom. The molecule has 3 N–H and O–H groups in total. The van der Waals surface area contributed by atoms with Crippen LogP contribution in [0.3, 0.4) is 0 Å². The van der Waals surface area contributed by atoms with Gasteiger partial charge in [-0.05, 0) is 0 Å². The number of rotatable bonds is 3. The van der Waals surface area contributed by atoms with E-state index in [0.717, 1.165) is 0 Å². The second-order valence-corrected chi connectivity index (χ2v) is 4.50. The minimum absolute atomic E-state index is 0.250. The number of nitrogens with one attached hydrogen (secondary N) is 1. The lowest BCUT2D eigenvalue weighted by Crippen LogP contribution is -2.27. The molecule has 3 aromatic rings. The van der Waals surface area contributed by atoms with Gasteiger partial charge in [0, 0.05) is 26.5 Å². The summed E-state index contributed by atoms with van der Waals surface area (Å²) in [5, 5.41) is 10.6. The average molecular weight is 318 g/mol. The van der Waals surface area contributed by atoms with E-state index in [2.05, 4.69) is 30.5 Å². The summed E-state index contributed by atoms with van der Waals surface area (Å²) in [5.74, 6) is 1.26. The second kappa shape index (κ2) is 7.79. The van der Waals surface area contributed by atoms with Crippen LogP contribution < -0.4 is 11.1 Å². The van der Waals surface area contributed by atoms with Crippen LogP contribution in [0.5, 0.6) is 0 Å². The average Bonchev–Trinajstić information content (AvgIpc) is 3.27. The van der Waals surface area contributed by atoms with Gasteiger partial charge in [0.15, 0.2) is 11.6 Å². The van der Waals surface area contributed by atoms with E-state index >= 15 is 0 Å². The number of aryl methyl sites for hydroxylation is 2. The molecule has 0 bridgehead atoms.